The molecule has 2 aromatic rings. The fourth-order valence-corrected chi connectivity index (χ4v) is 2.65. The summed E-state index contributed by atoms with van der Waals surface area (Å²) in [7, 11) is 3.34. The molecule has 0 radical (unpaired) electrons. The van der Waals surface area contributed by atoms with E-state index >= 15 is 0 Å². The Kier molecular flexibility index (Phi) is 4.02. The quantitative estimate of drug-likeness (QED) is 0.791. The maximum absolute atomic E-state index is 6.04. The summed E-state index contributed by atoms with van der Waals surface area (Å²) >= 11 is 6.04. The van der Waals surface area contributed by atoms with Gasteiger partial charge in [-0.2, -0.15) is 0 Å². The maximum atomic E-state index is 6.04. The van der Waals surface area contributed by atoms with Gasteiger partial charge < -0.3 is 14.0 Å². The van der Waals surface area contributed by atoms with Crippen LogP contribution < -0.4 is 4.74 Å². The molecule has 0 aliphatic carbocycles. The summed E-state index contributed by atoms with van der Waals surface area (Å²) in [6.07, 6.45) is 0. The van der Waals surface area contributed by atoms with Gasteiger partial charge in [-0.3, -0.25) is 0 Å². The number of benzene rings is 1. The average molecular weight is 283 g/mol. The molecule has 0 unspecified atom stereocenters. The molecular formula is C14H19ClN2O2. The lowest BCUT2D eigenvalue weighted by Crippen LogP contribution is -2.32. The molecule has 0 N–H and O–H groups in total. The third-order valence-electron chi connectivity index (χ3n) is 3.16. The number of alkyl halides is 1. The molecule has 0 bridgehead atoms. The molecule has 2 rings (SSSR count). The van der Waals surface area contributed by atoms with Gasteiger partial charge >= 0.3 is 0 Å². The predicted octanol–water partition coefficient (Wildman–Crippen LogP) is 3.17. The highest BCUT2D eigenvalue weighted by Gasteiger charge is 2.26. The zero-order chi connectivity index (χ0) is 14.0. The summed E-state index contributed by atoms with van der Waals surface area (Å²) in [5, 5.41) is 0. The van der Waals surface area contributed by atoms with Crippen molar-refractivity contribution in [3.8, 4) is 5.75 Å². The number of aromatic nitrogens is 2. The predicted molar refractivity (Wildman–Crippen MR) is 77.0 cm³/mol. The van der Waals surface area contributed by atoms with Crippen LogP contribution >= 0.6 is 11.6 Å². The number of ether oxygens (including phenoxy) is 2. The Labute approximate surface area is 118 Å². The van der Waals surface area contributed by atoms with E-state index in [2.05, 4.69) is 23.4 Å². The van der Waals surface area contributed by atoms with E-state index in [1.807, 2.05) is 18.2 Å². The van der Waals surface area contributed by atoms with Gasteiger partial charge in [0.1, 0.15) is 17.1 Å². The molecule has 5 heteroatoms. The van der Waals surface area contributed by atoms with E-state index < -0.39 is 0 Å². The third kappa shape index (κ3) is 2.42. The van der Waals surface area contributed by atoms with Gasteiger partial charge in [0.15, 0.2) is 0 Å². The zero-order valence-electron chi connectivity index (χ0n) is 11.7. The molecule has 1 aromatic carbocycles. The molecule has 0 aliphatic heterocycles. The number of hydrogen-bond acceptors (Lipinski definition) is 3. The van der Waals surface area contributed by atoms with Crippen molar-refractivity contribution in [3.63, 3.8) is 0 Å². The summed E-state index contributed by atoms with van der Waals surface area (Å²) in [6.45, 7) is 4.79. The normalized spacial score (nSPS) is 12.1. The second-order valence-corrected chi connectivity index (χ2v) is 5.34. The Morgan fingerprint density at radius 2 is 2.05 bits per heavy atom. The van der Waals surface area contributed by atoms with Crippen LogP contribution in [0.1, 0.15) is 19.7 Å². The van der Waals surface area contributed by atoms with Gasteiger partial charge in [0.2, 0.25) is 0 Å². The van der Waals surface area contributed by atoms with E-state index in [0.717, 1.165) is 22.6 Å². The Morgan fingerprint density at radius 3 is 2.63 bits per heavy atom. The second-order valence-electron chi connectivity index (χ2n) is 5.07. The van der Waals surface area contributed by atoms with Crippen LogP contribution in [0.15, 0.2) is 18.2 Å². The second kappa shape index (κ2) is 5.39. The average Bonchev–Trinajstić information content (AvgIpc) is 2.77. The maximum Gasteiger partial charge on any atom is 0.146 e. The Bertz CT molecular complexity index is 578. The number of methoxy groups -OCH3 is 2. The first-order valence-electron chi connectivity index (χ1n) is 6.15. The number of hydrogen-bond donors (Lipinski definition) is 0. The minimum absolute atomic E-state index is 0.222. The van der Waals surface area contributed by atoms with E-state index in [0.29, 0.717) is 12.5 Å². The molecule has 0 spiro atoms. The minimum Gasteiger partial charge on any atom is -0.494 e. The fraction of sp³-hybridized carbons (Fsp3) is 0.500. The van der Waals surface area contributed by atoms with Gasteiger partial charge in [0.05, 0.1) is 30.7 Å². The molecule has 0 fully saturated rings. The fourth-order valence-electron chi connectivity index (χ4n) is 2.47. The minimum atomic E-state index is -0.222. The molecule has 4 nitrogen and oxygen atoms in total. The van der Waals surface area contributed by atoms with Crippen LogP contribution in [-0.4, -0.2) is 30.4 Å². The zero-order valence-corrected chi connectivity index (χ0v) is 12.5. The topological polar surface area (TPSA) is 36.3 Å². The highest BCUT2D eigenvalue weighted by molar-refractivity contribution is 6.16. The lowest BCUT2D eigenvalue weighted by molar-refractivity contribution is 0.110. The number of para-hydroxylation sites is 1. The molecule has 0 saturated heterocycles. The molecule has 0 aliphatic rings. The number of imidazole rings is 1. The Hall–Kier alpha value is -1.26. The summed E-state index contributed by atoms with van der Waals surface area (Å²) in [4.78, 5) is 4.60. The van der Waals surface area contributed by atoms with Crippen LogP contribution in [0.5, 0.6) is 5.75 Å². The van der Waals surface area contributed by atoms with Crippen molar-refractivity contribution in [2.24, 2.45) is 0 Å². The lowest BCUT2D eigenvalue weighted by Gasteiger charge is -2.28. The number of rotatable bonds is 5. The summed E-state index contributed by atoms with van der Waals surface area (Å²) in [5.41, 5.74) is 1.63. The van der Waals surface area contributed by atoms with Gasteiger partial charge in [-0.15, -0.1) is 11.6 Å². The first-order valence-corrected chi connectivity index (χ1v) is 6.68. The van der Waals surface area contributed by atoms with E-state index in [1.165, 1.54) is 0 Å². The van der Waals surface area contributed by atoms with Crippen molar-refractivity contribution in [2.45, 2.75) is 25.3 Å². The van der Waals surface area contributed by atoms with E-state index in [9.17, 15) is 0 Å². The van der Waals surface area contributed by atoms with Crippen molar-refractivity contribution >= 4 is 22.6 Å². The Balaban J connectivity index is 2.71. The molecule has 104 valence electrons. The number of fused-ring (bicyclic) bond motifs is 1. The number of halogens is 1. The molecular weight excluding hydrogens is 264 g/mol. The number of nitrogens with zero attached hydrogens (tertiary/aromatic N) is 2. The molecule has 1 aromatic heterocycles. The highest BCUT2D eigenvalue weighted by Crippen LogP contribution is 2.31. The van der Waals surface area contributed by atoms with Crippen molar-refractivity contribution < 1.29 is 9.47 Å². The molecule has 0 atom stereocenters. The highest BCUT2D eigenvalue weighted by atomic mass is 35.5. The van der Waals surface area contributed by atoms with Crippen LogP contribution in [0.3, 0.4) is 0 Å². The van der Waals surface area contributed by atoms with Gasteiger partial charge in [0.25, 0.3) is 0 Å². The van der Waals surface area contributed by atoms with Crippen LogP contribution in [0, 0.1) is 0 Å². The van der Waals surface area contributed by atoms with Crippen LogP contribution in [-0.2, 0) is 16.2 Å². The van der Waals surface area contributed by atoms with Gasteiger partial charge in [-0.05, 0) is 26.0 Å². The summed E-state index contributed by atoms with van der Waals surface area (Å²) in [6, 6.07) is 5.89. The molecule has 0 saturated carbocycles. The lowest BCUT2D eigenvalue weighted by atomic mass is 10.1. The van der Waals surface area contributed by atoms with Gasteiger partial charge in [0, 0.05) is 7.11 Å². The molecule has 1 heterocycles. The molecule has 19 heavy (non-hydrogen) atoms. The summed E-state index contributed by atoms with van der Waals surface area (Å²) in [5.74, 6) is 1.93. The van der Waals surface area contributed by atoms with Crippen LogP contribution in [0.25, 0.3) is 11.0 Å². The van der Waals surface area contributed by atoms with Gasteiger partial charge in [-0.25, -0.2) is 4.98 Å². The van der Waals surface area contributed by atoms with E-state index in [1.54, 1.807) is 14.2 Å². The first kappa shape index (κ1) is 14.2. The largest absolute Gasteiger partial charge is 0.494 e. The van der Waals surface area contributed by atoms with E-state index in [4.69, 9.17) is 21.1 Å². The van der Waals surface area contributed by atoms with Gasteiger partial charge in [-0.1, -0.05) is 6.07 Å². The van der Waals surface area contributed by atoms with E-state index in [-0.39, 0.29) is 5.54 Å². The smallest absolute Gasteiger partial charge is 0.146 e. The third-order valence-corrected chi connectivity index (χ3v) is 3.40. The first-order chi connectivity index (χ1) is 9.05. The summed E-state index contributed by atoms with van der Waals surface area (Å²) < 4.78 is 12.8. The van der Waals surface area contributed by atoms with Crippen LogP contribution in [0.2, 0.25) is 0 Å². The van der Waals surface area contributed by atoms with Crippen molar-refractivity contribution in [2.75, 3.05) is 20.8 Å². The van der Waals surface area contributed by atoms with Crippen LogP contribution in [0.4, 0.5) is 0 Å². The SMILES string of the molecule is COCC(C)(C)n1c(CCl)nc2c(OC)cccc21. The van der Waals surface area contributed by atoms with Crippen molar-refractivity contribution in [3.05, 3.63) is 24.0 Å². The standard InChI is InChI=1S/C14H19ClN2O2/c1-14(2,9-18-3)17-10-6-5-7-11(19-4)13(10)16-12(17)8-15/h5-7H,8-9H2,1-4H3. The molecule has 0 amide bonds. The van der Waals surface area contributed by atoms with Crippen molar-refractivity contribution in [1.82, 2.24) is 9.55 Å². The monoisotopic (exact) mass is 282 g/mol. The van der Waals surface area contributed by atoms with Crippen molar-refractivity contribution in [1.29, 1.82) is 0 Å². The Morgan fingerprint density at radius 1 is 1.32 bits per heavy atom.